The number of carbonyl (C=O) groups is 3. The van der Waals surface area contributed by atoms with E-state index in [1.807, 2.05) is 0 Å². The number of ether oxygens (including phenoxy) is 1. The molecule has 7 nitrogen and oxygen atoms in total. The Hall–Kier alpha value is -2.74. The number of aliphatic carboxylic acids is 1. The lowest BCUT2D eigenvalue weighted by molar-refractivity contribution is -0.139. The van der Waals surface area contributed by atoms with Crippen LogP contribution in [0.25, 0.3) is 6.08 Å². The highest BCUT2D eigenvalue weighted by Gasteiger charge is 2.30. The minimum absolute atomic E-state index is 0.0302. The van der Waals surface area contributed by atoms with E-state index in [1.165, 1.54) is 13.1 Å². The maximum absolute atomic E-state index is 12.1. The average molecular weight is 320 g/mol. The summed E-state index contributed by atoms with van der Waals surface area (Å²) in [6.07, 6.45) is 1.34. The van der Waals surface area contributed by atoms with Gasteiger partial charge in [-0.25, -0.2) is 4.79 Å². The molecule has 2 N–H and O–H groups in total. The molecule has 0 aromatic heterocycles. The molecule has 2 amide bonds. The van der Waals surface area contributed by atoms with Gasteiger partial charge in [-0.2, -0.15) is 0 Å². The number of thiocarbonyl (C=S) groups is 1. The lowest BCUT2D eigenvalue weighted by Crippen LogP contribution is -2.52. The average Bonchev–Trinajstić information content (AvgIpc) is 2.48. The SMILES string of the molecule is CN1C(=O)C(=Cc2ccccc2OCC(=O)O)C(=O)NC1=S. The summed E-state index contributed by atoms with van der Waals surface area (Å²) in [4.78, 5) is 35.7. The molecule has 0 saturated carbocycles. The van der Waals surface area contributed by atoms with E-state index < -0.39 is 24.4 Å². The third kappa shape index (κ3) is 3.29. The molecule has 1 heterocycles. The molecule has 2 rings (SSSR count). The van der Waals surface area contributed by atoms with E-state index in [0.29, 0.717) is 5.56 Å². The molecular formula is C14H12N2O5S. The van der Waals surface area contributed by atoms with Crippen LogP contribution < -0.4 is 10.1 Å². The molecule has 0 aliphatic carbocycles. The van der Waals surface area contributed by atoms with Crippen molar-refractivity contribution in [3.8, 4) is 5.75 Å². The maximum atomic E-state index is 12.1. The van der Waals surface area contributed by atoms with E-state index in [-0.39, 0.29) is 16.4 Å². The predicted octanol–water partition coefficient (Wildman–Crippen LogP) is 0.406. The number of nitrogens with one attached hydrogen (secondary N) is 1. The van der Waals surface area contributed by atoms with Crippen LogP contribution in [0.5, 0.6) is 5.75 Å². The van der Waals surface area contributed by atoms with Gasteiger partial charge in [0.2, 0.25) is 0 Å². The van der Waals surface area contributed by atoms with Gasteiger partial charge >= 0.3 is 5.97 Å². The van der Waals surface area contributed by atoms with Crippen molar-refractivity contribution in [2.75, 3.05) is 13.7 Å². The predicted molar refractivity (Wildman–Crippen MR) is 81.1 cm³/mol. The number of hydrogen-bond donors (Lipinski definition) is 2. The minimum Gasteiger partial charge on any atom is -0.481 e. The molecule has 1 fully saturated rings. The van der Waals surface area contributed by atoms with E-state index in [1.54, 1.807) is 24.3 Å². The molecule has 114 valence electrons. The Morgan fingerprint density at radius 1 is 1.41 bits per heavy atom. The fraction of sp³-hybridized carbons (Fsp3) is 0.143. The van der Waals surface area contributed by atoms with Crippen LogP contribution in [0.4, 0.5) is 0 Å². The van der Waals surface area contributed by atoms with Crippen LogP contribution in [-0.2, 0) is 14.4 Å². The van der Waals surface area contributed by atoms with Crippen molar-refractivity contribution in [1.29, 1.82) is 0 Å². The highest BCUT2D eigenvalue weighted by molar-refractivity contribution is 7.80. The standard InChI is InChI=1S/C14H12N2O5S/c1-16-13(20)9(12(19)15-14(16)22)6-8-4-2-3-5-10(8)21-7-11(17)18/h2-6H,7H2,1H3,(H,17,18)(H,15,19,22). The summed E-state index contributed by atoms with van der Waals surface area (Å²) in [7, 11) is 1.45. The minimum atomic E-state index is -1.13. The van der Waals surface area contributed by atoms with Crippen molar-refractivity contribution in [2.24, 2.45) is 0 Å². The number of carboxylic acid groups (broad SMARTS) is 1. The van der Waals surface area contributed by atoms with E-state index in [9.17, 15) is 14.4 Å². The van der Waals surface area contributed by atoms with Crippen molar-refractivity contribution in [1.82, 2.24) is 10.2 Å². The maximum Gasteiger partial charge on any atom is 0.341 e. The van der Waals surface area contributed by atoms with Crippen LogP contribution in [-0.4, -0.2) is 46.6 Å². The lowest BCUT2D eigenvalue weighted by atomic mass is 10.1. The zero-order chi connectivity index (χ0) is 16.3. The Balaban J connectivity index is 2.36. The summed E-state index contributed by atoms with van der Waals surface area (Å²) in [5.41, 5.74) is 0.311. The van der Waals surface area contributed by atoms with Crippen LogP contribution in [0.2, 0.25) is 0 Å². The van der Waals surface area contributed by atoms with E-state index in [0.717, 1.165) is 4.90 Å². The molecule has 22 heavy (non-hydrogen) atoms. The van der Waals surface area contributed by atoms with Crippen LogP contribution in [0.15, 0.2) is 29.8 Å². The number of para-hydroxylation sites is 1. The third-order valence-electron chi connectivity index (χ3n) is 2.87. The Kier molecular flexibility index (Phi) is 4.52. The zero-order valence-corrected chi connectivity index (χ0v) is 12.3. The number of likely N-dealkylation sites (N-methyl/N-ethyl adjacent to an activating group) is 1. The monoisotopic (exact) mass is 320 g/mol. The van der Waals surface area contributed by atoms with Gasteiger partial charge in [0.05, 0.1) is 0 Å². The first kappa shape index (κ1) is 15.6. The van der Waals surface area contributed by atoms with Crippen molar-refractivity contribution >= 4 is 41.2 Å². The van der Waals surface area contributed by atoms with Crippen molar-refractivity contribution < 1.29 is 24.2 Å². The number of benzene rings is 1. The number of rotatable bonds is 4. The molecular weight excluding hydrogens is 308 g/mol. The molecule has 0 atom stereocenters. The first-order valence-electron chi connectivity index (χ1n) is 6.19. The van der Waals surface area contributed by atoms with E-state index in [2.05, 4.69) is 5.32 Å². The molecule has 0 bridgehead atoms. The number of carboxylic acids is 1. The smallest absolute Gasteiger partial charge is 0.341 e. The summed E-state index contributed by atoms with van der Waals surface area (Å²) in [6, 6.07) is 6.50. The molecule has 0 spiro atoms. The van der Waals surface area contributed by atoms with Gasteiger partial charge in [0.25, 0.3) is 11.8 Å². The Morgan fingerprint density at radius 3 is 2.77 bits per heavy atom. The molecule has 1 aromatic rings. The van der Waals surface area contributed by atoms with Gasteiger partial charge in [0, 0.05) is 12.6 Å². The summed E-state index contributed by atoms with van der Waals surface area (Å²) < 4.78 is 5.13. The second kappa shape index (κ2) is 6.35. The van der Waals surface area contributed by atoms with Crippen LogP contribution >= 0.6 is 12.2 Å². The Labute approximate surface area is 131 Å². The van der Waals surface area contributed by atoms with E-state index >= 15 is 0 Å². The molecule has 1 saturated heterocycles. The lowest BCUT2D eigenvalue weighted by Gasteiger charge is -2.25. The summed E-state index contributed by atoms with van der Waals surface area (Å²) in [5.74, 6) is -2.02. The van der Waals surface area contributed by atoms with Crippen LogP contribution in [0.1, 0.15) is 5.56 Å². The zero-order valence-electron chi connectivity index (χ0n) is 11.5. The fourth-order valence-electron chi connectivity index (χ4n) is 1.77. The summed E-state index contributed by atoms with van der Waals surface area (Å²) in [6.45, 7) is -0.523. The van der Waals surface area contributed by atoms with E-state index in [4.69, 9.17) is 22.1 Å². The molecule has 1 aliphatic rings. The number of carbonyl (C=O) groups excluding carboxylic acids is 2. The second-order valence-corrected chi connectivity index (χ2v) is 4.79. The normalized spacial score (nSPS) is 16.7. The Bertz CT molecular complexity index is 698. The third-order valence-corrected chi connectivity index (χ3v) is 3.25. The summed E-state index contributed by atoms with van der Waals surface area (Å²) in [5, 5.41) is 11.1. The Morgan fingerprint density at radius 2 is 2.09 bits per heavy atom. The van der Waals surface area contributed by atoms with Gasteiger partial charge in [0.1, 0.15) is 11.3 Å². The second-order valence-electron chi connectivity index (χ2n) is 4.40. The van der Waals surface area contributed by atoms with Crippen LogP contribution in [0.3, 0.4) is 0 Å². The van der Waals surface area contributed by atoms with Gasteiger partial charge in [-0.15, -0.1) is 0 Å². The van der Waals surface area contributed by atoms with Crippen molar-refractivity contribution in [3.05, 3.63) is 35.4 Å². The van der Waals surface area contributed by atoms with Crippen molar-refractivity contribution in [3.63, 3.8) is 0 Å². The molecule has 0 radical (unpaired) electrons. The van der Waals surface area contributed by atoms with Gasteiger partial charge in [-0.1, -0.05) is 18.2 Å². The molecule has 1 aliphatic heterocycles. The molecule has 1 aromatic carbocycles. The van der Waals surface area contributed by atoms with Gasteiger partial charge in [-0.05, 0) is 24.4 Å². The number of amides is 2. The first-order chi connectivity index (χ1) is 10.4. The highest BCUT2D eigenvalue weighted by Crippen LogP contribution is 2.22. The van der Waals surface area contributed by atoms with Gasteiger partial charge in [-0.3, -0.25) is 19.8 Å². The number of hydrogen-bond acceptors (Lipinski definition) is 5. The van der Waals surface area contributed by atoms with Crippen molar-refractivity contribution in [2.45, 2.75) is 0 Å². The number of nitrogens with zero attached hydrogens (tertiary/aromatic N) is 1. The quantitative estimate of drug-likeness (QED) is 0.474. The molecule has 8 heteroatoms. The summed E-state index contributed by atoms with van der Waals surface area (Å²) >= 11 is 4.85. The topological polar surface area (TPSA) is 95.9 Å². The van der Waals surface area contributed by atoms with Crippen LogP contribution in [0, 0.1) is 0 Å². The fourth-order valence-corrected chi connectivity index (χ4v) is 1.95. The molecule has 0 unspecified atom stereocenters. The highest BCUT2D eigenvalue weighted by atomic mass is 32.1. The first-order valence-corrected chi connectivity index (χ1v) is 6.59. The van der Waals surface area contributed by atoms with Gasteiger partial charge < -0.3 is 9.84 Å². The van der Waals surface area contributed by atoms with Gasteiger partial charge in [0.15, 0.2) is 11.7 Å². The largest absolute Gasteiger partial charge is 0.481 e.